The minimum atomic E-state index is -0.617. The third-order valence-corrected chi connectivity index (χ3v) is 8.99. The number of hydrogen-bond donors (Lipinski definition) is 2. The van der Waals surface area contributed by atoms with E-state index in [-0.39, 0.29) is 23.9 Å². The van der Waals surface area contributed by atoms with Crippen molar-refractivity contribution in [1.82, 2.24) is 5.32 Å². The maximum absolute atomic E-state index is 13.7. The third kappa shape index (κ3) is 7.95. The molecule has 4 aromatic carbocycles. The van der Waals surface area contributed by atoms with Crippen molar-refractivity contribution in [2.24, 2.45) is 0 Å². The molecule has 0 bridgehead atoms. The quantitative estimate of drug-likeness (QED) is 0.106. The van der Waals surface area contributed by atoms with Crippen molar-refractivity contribution in [2.75, 3.05) is 31.5 Å². The van der Waals surface area contributed by atoms with Crippen molar-refractivity contribution in [1.29, 1.82) is 0 Å². The molecule has 1 heterocycles. The van der Waals surface area contributed by atoms with Gasteiger partial charge in [0, 0.05) is 26.1 Å². The zero-order valence-electron chi connectivity index (χ0n) is 25.6. The molecule has 5 rings (SSSR count). The van der Waals surface area contributed by atoms with Crippen molar-refractivity contribution in [3.63, 3.8) is 0 Å². The summed E-state index contributed by atoms with van der Waals surface area (Å²) in [5.74, 6) is -0.517. The molecule has 10 nitrogen and oxygen atoms in total. The standard InChI is InChI=1S/C35H30IN3O7S/c1-44-28-17-21(18-29(45-2)32(28)46-3)16-27(38-33(41)22-8-5-4-6-9-22)34(42)37-24-10-7-11-26(19-24)47-30-20-31(40)39(35(30)43)25-14-12-23(36)13-15-25/h4-19,30H,20H2,1-3H3,(H,37,42)(H,38,41)/b27-16-/t30-/m0/s1. The number of amides is 4. The number of carbonyl (C=O) groups excluding carboxylic acids is 4. The van der Waals surface area contributed by atoms with Gasteiger partial charge < -0.3 is 24.8 Å². The van der Waals surface area contributed by atoms with Crippen LogP contribution in [0.15, 0.2) is 102 Å². The molecule has 240 valence electrons. The smallest absolute Gasteiger partial charge is 0.272 e. The largest absolute Gasteiger partial charge is 0.493 e. The van der Waals surface area contributed by atoms with Crippen LogP contribution < -0.4 is 29.7 Å². The first-order valence-electron chi connectivity index (χ1n) is 14.3. The number of halogens is 1. The molecule has 1 saturated heterocycles. The summed E-state index contributed by atoms with van der Waals surface area (Å²) >= 11 is 3.41. The van der Waals surface area contributed by atoms with Crippen LogP contribution in [0.5, 0.6) is 17.2 Å². The lowest BCUT2D eigenvalue weighted by atomic mass is 10.1. The Morgan fingerprint density at radius 3 is 2.19 bits per heavy atom. The van der Waals surface area contributed by atoms with Gasteiger partial charge in [-0.3, -0.25) is 19.2 Å². The van der Waals surface area contributed by atoms with Gasteiger partial charge in [-0.25, -0.2) is 4.90 Å². The van der Waals surface area contributed by atoms with E-state index in [0.717, 1.165) is 3.57 Å². The number of nitrogens with one attached hydrogen (secondary N) is 2. The van der Waals surface area contributed by atoms with Crippen LogP contribution in [0, 0.1) is 3.57 Å². The lowest BCUT2D eigenvalue weighted by Crippen LogP contribution is -2.31. The summed E-state index contributed by atoms with van der Waals surface area (Å²) in [7, 11) is 4.45. The molecule has 0 aromatic heterocycles. The summed E-state index contributed by atoms with van der Waals surface area (Å²) in [6.07, 6.45) is 1.56. The van der Waals surface area contributed by atoms with Crippen LogP contribution >= 0.6 is 34.4 Å². The number of rotatable bonds is 11. The fourth-order valence-electron chi connectivity index (χ4n) is 4.86. The summed E-state index contributed by atoms with van der Waals surface area (Å²) in [4.78, 5) is 54.7. The Morgan fingerprint density at radius 1 is 0.872 bits per heavy atom. The number of carbonyl (C=O) groups is 4. The van der Waals surface area contributed by atoms with Gasteiger partial charge in [0.05, 0.1) is 32.3 Å². The van der Waals surface area contributed by atoms with Crippen LogP contribution in [0.1, 0.15) is 22.3 Å². The van der Waals surface area contributed by atoms with Crippen LogP contribution in [0.4, 0.5) is 11.4 Å². The van der Waals surface area contributed by atoms with Crippen LogP contribution in [0.3, 0.4) is 0 Å². The van der Waals surface area contributed by atoms with Crippen LogP contribution in [0.25, 0.3) is 6.08 Å². The van der Waals surface area contributed by atoms with Gasteiger partial charge in [-0.15, -0.1) is 11.8 Å². The molecule has 1 aliphatic heterocycles. The van der Waals surface area contributed by atoms with Gasteiger partial charge in [-0.05, 0) is 101 Å². The minimum Gasteiger partial charge on any atom is -0.493 e. The number of thioether (sulfide) groups is 1. The average Bonchev–Trinajstić information content (AvgIpc) is 3.36. The summed E-state index contributed by atoms with van der Waals surface area (Å²) in [5.41, 5.74) is 1.79. The fraction of sp³-hybridized carbons (Fsp3) is 0.143. The van der Waals surface area contributed by atoms with E-state index in [9.17, 15) is 19.2 Å². The van der Waals surface area contributed by atoms with Gasteiger partial charge in [0.15, 0.2) is 11.5 Å². The fourth-order valence-corrected chi connectivity index (χ4v) is 6.33. The Kier molecular flexibility index (Phi) is 10.8. The number of methoxy groups -OCH3 is 3. The Balaban J connectivity index is 1.38. The van der Waals surface area contributed by atoms with E-state index in [4.69, 9.17) is 14.2 Å². The first-order chi connectivity index (χ1) is 22.7. The number of benzene rings is 4. The lowest BCUT2D eigenvalue weighted by Gasteiger charge is -2.16. The van der Waals surface area contributed by atoms with Crippen molar-refractivity contribution in [3.05, 3.63) is 111 Å². The van der Waals surface area contributed by atoms with Crippen LogP contribution in [0.2, 0.25) is 0 Å². The molecule has 1 fully saturated rings. The number of nitrogens with zero attached hydrogens (tertiary/aromatic N) is 1. The SMILES string of the molecule is COc1cc(/C=C(\NC(=O)c2ccccc2)C(=O)Nc2cccc(S[C@H]3CC(=O)N(c4ccc(I)cc4)C3=O)c2)cc(OC)c1OC. The van der Waals surface area contributed by atoms with Crippen LogP contribution in [-0.2, 0) is 14.4 Å². The predicted octanol–water partition coefficient (Wildman–Crippen LogP) is 6.15. The molecule has 47 heavy (non-hydrogen) atoms. The first kappa shape index (κ1) is 33.5. The predicted molar refractivity (Wildman–Crippen MR) is 189 cm³/mol. The number of hydrogen-bond acceptors (Lipinski definition) is 8. The molecule has 0 unspecified atom stereocenters. The first-order valence-corrected chi connectivity index (χ1v) is 16.2. The zero-order chi connectivity index (χ0) is 33.5. The lowest BCUT2D eigenvalue weighted by molar-refractivity contribution is -0.121. The summed E-state index contributed by atoms with van der Waals surface area (Å²) < 4.78 is 17.3. The molecule has 0 radical (unpaired) electrons. The van der Waals surface area contributed by atoms with Gasteiger partial charge in [0.25, 0.3) is 11.8 Å². The normalized spacial score (nSPS) is 14.5. The second-order valence-electron chi connectivity index (χ2n) is 10.2. The Hall–Kier alpha value is -4.82. The number of ether oxygens (including phenoxy) is 3. The van der Waals surface area contributed by atoms with E-state index in [0.29, 0.717) is 44.6 Å². The Labute approximate surface area is 289 Å². The third-order valence-electron chi connectivity index (χ3n) is 7.09. The highest BCUT2D eigenvalue weighted by molar-refractivity contribution is 14.1. The van der Waals surface area contributed by atoms with Crippen molar-refractivity contribution in [2.45, 2.75) is 16.6 Å². The van der Waals surface area contributed by atoms with Gasteiger partial charge in [-0.1, -0.05) is 24.3 Å². The maximum Gasteiger partial charge on any atom is 0.272 e. The van der Waals surface area contributed by atoms with Gasteiger partial charge in [0.1, 0.15) is 5.70 Å². The molecule has 0 spiro atoms. The van der Waals surface area contributed by atoms with E-state index in [1.54, 1.807) is 78.9 Å². The summed E-state index contributed by atoms with van der Waals surface area (Å²) in [5, 5.41) is 4.94. The highest BCUT2D eigenvalue weighted by Crippen LogP contribution is 2.39. The van der Waals surface area contributed by atoms with E-state index < -0.39 is 17.1 Å². The highest BCUT2D eigenvalue weighted by atomic mass is 127. The molecule has 2 N–H and O–H groups in total. The van der Waals surface area contributed by atoms with E-state index in [1.165, 1.54) is 44.1 Å². The van der Waals surface area contributed by atoms with Crippen molar-refractivity contribution in [3.8, 4) is 17.2 Å². The molecule has 1 atom stereocenters. The molecule has 0 saturated carbocycles. The topological polar surface area (TPSA) is 123 Å². The van der Waals surface area contributed by atoms with E-state index in [2.05, 4.69) is 33.2 Å². The highest BCUT2D eigenvalue weighted by Gasteiger charge is 2.40. The second kappa shape index (κ2) is 15.2. The van der Waals surface area contributed by atoms with Crippen molar-refractivity contribution < 1.29 is 33.4 Å². The Bertz CT molecular complexity index is 1820. The molecule has 4 amide bonds. The van der Waals surface area contributed by atoms with Crippen LogP contribution in [-0.4, -0.2) is 50.2 Å². The maximum atomic E-state index is 13.7. The number of anilines is 2. The van der Waals surface area contributed by atoms with Gasteiger partial charge in [-0.2, -0.15) is 0 Å². The molecule has 12 heteroatoms. The van der Waals surface area contributed by atoms with Gasteiger partial charge in [0.2, 0.25) is 17.6 Å². The minimum absolute atomic E-state index is 0.0455. The monoisotopic (exact) mass is 763 g/mol. The van der Waals surface area contributed by atoms with E-state index >= 15 is 0 Å². The molecule has 4 aromatic rings. The molecular formula is C35H30IN3O7S. The van der Waals surface area contributed by atoms with E-state index in [1.807, 2.05) is 12.1 Å². The average molecular weight is 764 g/mol. The number of imide groups is 1. The summed E-state index contributed by atoms with van der Waals surface area (Å²) in [6.45, 7) is 0. The Morgan fingerprint density at radius 2 is 1.55 bits per heavy atom. The molecule has 0 aliphatic carbocycles. The molecular weight excluding hydrogens is 733 g/mol. The summed E-state index contributed by atoms with van der Waals surface area (Å²) in [6, 6.07) is 26.0. The molecule has 1 aliphatic rings. The second-order valence-corrected chi connectivity index (χ2v) is 12.7. The van der Waals surface area contributed by atoms with Crippen molar-refractivity contribution >= 4 is 75.4 Å². The zero-order valence-corrected chi connectivity index (χ0v) is 28.6. The van der Waals surface area contributed by atoms with Gasteiger partial charge >= 0.3 is 0 Å².